The largest absolute Gasteiger partial charge is 0.385 e. The summed E-state index contributed by atoms with van der Waals surface area (Å²) in [6.07, 6.45) is 35.7. The predicted octanol–water partition coefficient (Wildman–Crippen LogP) is 12.9. The lowest BCUT2D eigenvalue weighted by atomic mass is 9.47. The molecule has 0 aromatic heterocycles. The van der Waals surface area contributed by atoms with Gasteiger partial charge >= 0.3 is 0 Å². The molecule has 0 bridgehead atoms. The van der Waals surface area contributed by atoms with Gasteiger partial charge in [0.1, 0.15) is 0 Å². The van der Waals surface area contributed by atoms with E-state index in [1.54, 1.807) is 12.7 Å². The Morgan fingerprint density at radius 1 is 0.787 bits per heavy atom. The monoisotopic (exact) mass is 657 g/mol. The average molecular weight is 657 g/mol. The summed E-state index contributed by atoms with van der Waals surface area (Å²) in [4.78, 5) is 0. The molecule has 4 aliphatic carbocycles. The summed E-state index contributed by atoms with van der Waals surface area (Å²) >= 11 is 0. The van der Waals surface area contributed by atoms with Crippen molar-refractivity contribution in [1.29, 1.82) is 0 Å². The molecule has 0 saturated heterocycles. The molecule has 3 fully saturated rings. The van der Waals surface area contributed by atoms with Gasteiger partial charge in [-0.2, -0.15) is 0 Å². The fourth-order valence-corrected chi connectivity index (χ4v) is 10.2. The number of methoxy groups -OCH3 is 1. The normalized spacial score (nSPS) is 31.7. The van der Waals surface area contributed by atoms with Crippen LogP contribution in [0.25, 0.3) is 0 Å². The van der Waals surface area contributed by atoms with Crippen molar-refractivity contribution in [2.24, 2.45) is 40.4 Å². The van der Waals surface area contributed by atoms with E-state index in [2.05, 4.69) is 59.8 Å². The number of unbranched alkanes of at least 4 members (excludes halogenated alkanes) is 6. The third kappa shape index (κ3) is 12.6. The maximum absolute atomic E-state index is 6.38. The molecular formula is C44H80O3. The number of hydrogen-bond acceptors (Lipinski definition) is 3. The van der Waals surface area contributed by atoms with E-state index in [9.17, 15) is 0 Å². The quantitative estimate of drug-likeness (QED) is 0.0909. The molecule has 274 valence electrons. The second-order valence-corrected chi connectivity index (χ2v) is 16.9. The number of allylic oxidation sites excluding steroid dienone is 3. The first-order valence-electron chi connectivity index (χ1n) is 20.8. The van der Waals surface area contributed by atoms with Crippen LogP contribution >= 0.6 is 0 Å². The van der Waals surface area contributed by atoms with Crippen molar-refractivity contribution in [3.8, 4) is 0 Å². The van der Waals surface area contributed by atoms with Crippen LogP contribution in [0.2, 0.25) is 0 Å². The summed E-state index contributed by atoms with van der Waals surface area (Å²) in [7, 11) is 1.75. The lowest BCUT2D eigenvalue weighted by molar-refractivity contribution is -0.0592. The molecular weight excluding hydrogens is 576 g/mol. The lowest BCUT2D eigenvalue weighted by Gasteiger charge is -2.58. The van der Waals surface area contributed by atoms with Crippen molar-refractivity contribution in [3.63, 3.8) is 0 Å². The molecule has 0 aliphatic heterocycles. The Labute approximate surface area is 293 Å². The maximum Gasteiger partial charge on any atom is 0.0612 e. The van der Waals surface area contributed by atoms with Gasteiger partial charge in [0.25, 0.3) is 0 Å². The van der Waals surface area contributed by atoms with E-state index >= 15 is 0 Å². The van der Waals surface area contributed by atoms with Crippen LogP contribution in [0.15, 0.2) is 23.8 Å². The third-order valence-corrected chi connectivity index (χ3v) is 13.1. The molecule has 7 unspecified atom stereocenters. The van der Waals surface area contributed by atoms with E-state index < -0.39 is 0 Å². The summed E-state index contributed by atoms with van der Waals surface area (Å²) < 4.78 is 17.0. The molecule has 3 nitrogen and oxygen atoms in total. The molecule has 0 radical (unpaired) electrons. The maximum atomic E-state index is 6.38. The molecule has 0 aromatic carbocycles. The SMILES string of the molecule is CCCCC/C=C\CCCOC.CCCOCCCCOC1CCC2(C)C(=CCC3C2CCC2(C)C(CCCCC(C)C)CCC32)C1. The average Bonchev–Trinajstić information content (AvgIpc) is 3.40. The number of hydrogen-bond donors (Lipinski definition) is 0. The van der Waals surface area contributed by atoms with Crippen LogP contribution in [0, 0.1) is 40.4 Å². The molecule has 0 amide bonds. The number of ether oxygens (including phenoxy) is 3. The Hall–Kier alpha value is -0.640. The summed E-state index contributed by atoms with van der Waals surface area (Å²) in [5, 5.41) is 0. The van der Waals surface area contributed by atoms with E-state index in [0.717, 1.165) is 81.7 Å². The van der Waals surface area contributed by atoms with Crippen LogP contribution in [0.4, 0.5) is 0 Å². The molecule has 0 aromatic rings. The molecule has 4 aliphatic rings. The van der Waals surface area contributed by atoms with Crippen LogP contribution in [0.1, 0.15) is 176 Å². The van der Waals surface area contributed by atoms with E-state index in [4.69, 9.17) is 14.2 Å². The Kier molecular flexibility index (Phi) is 19.3. The van der Waals surface area contributed by atoms with Gasteiger partial charge in [-0.15, -0.1) is 0 Å². The van der Waals surface area contributed by atoms with Crippen molar-refractivity contribution < 1.29 is 14.2 Å². The summed E-state index contributed by atoms with van der Waals surface area (Å²) in [6.45, 7) is 18.1. The first-order chi connectivity index (χ1) is 22.8. The van der Waals surface area contributed by atoms with Crippen molar-refractivity contribution in [2.75, 3.05) is 33.5 Å². The Bertz CT molecular complexity index is 865. The first-order valence-corrected chi connectivity index (χ1v) is 20.8. The second-order valence-electron chi connectivity index (χ2n) is 16.9. The number of fused-ring (bicyclic) bond motifs is 5. The van der Waals surface area contributed by atoms with E-state index in [0.29, 0.717) is 16.9 Å². The molecule has 7 atom stereocenters. The summed E-state index contributed by atoms with van der Waals surface area (Å²) in [6, 6.07) is 0. The van der Waals surface area contributed by atoms with Crippen molar-refractivity contribution >= 4 is 0 Å². The minimum atomic E-state index is 0.452. The predicted molar refractivity (Wildman–Crippen MR) is 203 cm³/mol. The topological polar surface area (TPSA) is 27.7 Å². The molecule has 47 heavy (non-hydrogen) atoms. The van der Waals surface area contributed by atoms with Crippen LogP contribution in [-0.2, 0) is 14.2 Å². The highest BCUT2D eigenvalue weighted by Crippen LogP contribution is 2.66. The first kappa shape index (κ1) is 40.8. The summed E-state index contributed by atoms with van der Waals surface area (Å²) in [5.41, 5.74) is 2.85. The van der Waals surface area contributed by atoms with Gasteiger partial charge in [0, 0.05) is 33.5 Å². The van der Waals surface area contributed by atoms with Gasteiger partial charge in [0.2, 0.25) is 0 Å². The molecule has 3 heteroatoms. The van der Waals surface area contributed by atoms with Gasteiger partial charge in [0.15, 0.2) is 0 Å². The molecule has 0 heterocycles. The Balaban J connectivity index is 0.000000426. The number of rotatable bonds is 21. The van der Waals surface area contributed by atoms with Gasteiger partial charge in [-0.1, -0.05) is 97.4 Å². The molecule has 0 spiro atoms. The minimum Gasteiger partial charge on any atom is -0.385 e. The molecule has 3 saturated carbocycles. The van der Waals surface area contributed by atoms with Crippen molar-refractivity contribution in [1.82, 2.24) is 0 Å². The van der Waals surface area contributed by atoms with Crippen LogP contribution in [0.3, 0.4) is 0 Å². The fraction of sp³-hybridized carbons (Fsp3) is 0.909. The standard InChI is InChI=1S/C33H58O2.C11H22O/c1-6-21-34-22-9-10-23-35-28-17-19-33(5)27(24-28)13-15-29-30-16-14-26(12-8-7-11-25(2)3)32(30,4)20-18-31(29)33;1-3-4-5-6-7-8-9-10-11-12-2/h13,25-26,28-31H,6-12,14-24H2,1-5H3;7-8H,3-6,9-11H2,1-2H3/b;8-7-. The van der Waals surface area contributed by atoms with Gasteiger partial charge in [-0.05, 0) is 143 Å². The zero-order valence-electron chi connectivity index (χ0n) is 32.6. The smallest absolute Gasteiger partial charge is 0.0612 e. The van der Waals surface area contributed by atoms with Crippen LogP contribution in [0.5, 0.6) is 0 Å². The zero-order valence-corrected chi connectivity index (χ0v) is 32.6. The summed E-state index contributed by atoms with van der Waals surface area (Å²) in [5.74, 6) is 4.72. The molecule has 4 rings (SSSR count). The highest BCUT2D eigenvalue weighted by atomic mass is 16.5. The van der Waals surface area contributed by atoms with Crippen LogP contribution in [-0.4, -0.2) is 39.6 Å². The lowest BCUT2D eigenvalue weighted by Crippen LogP contribution is -2.50. The van der Waals surface area contributed by atoms with Crippen LogP contribution < -0.4 is 0 Å². The zero-order chi connectivity index (χ0) is 34.0. The fourth-order valence-electron chi connectivity index (χ4n) is 10.2. The third-order valence-electron chi connectivity index (χ3n) is 13.1. The van der Waals surface area contributed by atoms with E-state index in [1.165, 1.54) is 109 Å². The second kappa shape index (κ2) is 22.2. The Morgan fingerprint density at radius 3 is 2.32 bits per heavy atom. The van der Waals surface area contributed by atoms with E-state index in [1.807, 2.05) is 0 Å². The molecule has 0 N–H and O–H groups in total. The van der Waals surface area contributed by atoms with Crippen molar-refractivity contribution in [2.45, 2.75) is 182 Å². The highest BCUT2D eigenvalue weighted by Gasteiger charge is 2.58. The van der Waals surface area contributed by atoms with Crippen molar-refractivity contribution in [3.05, 3.63) is 23.8 Å². The van der Waals surface area contributed by atoms with Gasteiger partial charge in [-0.25, -0.2) is 0 Å². The minimum absolute atomic E-state index is 0.452. The van der Waals surface area contributed by atoms with Gasteiger partial charge in [0.05, 0.1) is 6.10 Å². The van der Waals surface area contributed by atoms with Gasteiger partial charge < -0.3 is 14.2 Å². The highest BCUT2D eigenvalue weighted by molar-refractivity contribution is 5.25. The van der Waals surface area contributed by atoms with E-state index in [-0.39, 0.29) is 0 Å². The van der Waals surface area contributed by atoms with Gasteiger partial charge in [-0.3, -0.25) is 0 Å². The Morgan fingerprint density at radius 2 is 1.57 bits per heavy atom.